The minimum Gasteiger partial charge on any atom is -0.480 e. The highest BCUT2D eigenvalue weighted by Crippen LogP contribution is 2.35. The summed E-state index contributed by atoms with van der Waals surface area (Å²) in [5.41, 5.74) is 0.934. The van der Waals surface area contributed by atoms with Crippen LogP contribution in [0.2, 0.25) is 0 Å². The molecule has 1 unspecified atom stereocenters. The third-order valence-corrected chi connectivity index (χ3v) is 4.82. The number of nitrogens with zero attached hydrogens (tertiary/aromatic N) is 5. The Kier molecular flexibility index (Phi) is 4.46. The molecule has 0 saturated heterocycles. The summed E-state index contributed by atoms with van der Waals surface area (Å²) >= 11 is 0. The van der Waals surface area contributed by atoms with Crippen molar-refractivity contribution >= 4 is 0 Å². The molecule has 7 nitrogen and oxygen atoms in total. The van der Waals surface area contributed by atoms with Crippen LogP contribution in [0.4, 0.5) is 13.2 Å². The van der Waals surface area contributed by atoms with Crippen molar-refractivity contribution in [2.24, 2.45) is 0 Å². The second-order valence-corrected chi connectivity index (χ2v) is 6.84. The molecule has 1 atom stereocenters. The van der Waals surface area contributed by atoms with Crippen molar-refractivity contribution in [3.63, 3.8) is 0 Å². The van der Waals surface area contributed by atoms with E-state index in [-0.39, 0.29) is 35.4 Å². The molecule has 1 aliphatic rings. The summed E-state index contributed by atoms with van der Waals surface area (Å²) in [5, 5.41) is 15.8. The molecule has 3 heterocycles. The number of aryl methyl sites for hydroxylation is 1. The lowest BCUT2D eigenvalue weighted by Crippen LogP contribution is -2.15. The third kappa shape index (κ3) is 3.40. The average molecular weight is 413 g/mol. The molecule has 1 aliphatic heterocycles. The van der Waals surface area contributed by atoms with E-state index in [4.69, 9.17) is 9.15 Å². The van der Waals surface area contributed by atoms with Gasteiger partial charge in [0.15, 0.2) is 11.8 Å². The number of benzene rings is 2. The molecule has 10 heteroatoms. The van der Waals surface area contributed by atoms with E-state index in [1.807, 2.05) is 0 Å². The van der Waals surface area contributed by atoms with Gasteiger partial charge in [0.2, 0.25) is 0 Å². The molecule has 0 fully saturated rings. The van der Waals surface area contributed by atoms with Gasteiger partial charge in [-0.1, -0.05) is 11.3 Å². The van der Waals surface area contributed by atoms with Gasteiger partial charge in [-0.15, -0.1) is 15.3 Å². The van der Waals surface area contributed by atoms with Crippen LogP contribution in [0, 0.1) is 17.5 Å². The van der Waals surface area contributed by atoms with E-state index in [2.05, 4.69) is 20.5 Å². The van der Waals surface area contributed by atoms with Crippen LogP contribution in [0.3, 0.4) is 0 Å². The first kappa shape index (κ1) is 18.3. The fourth-order valence-electron chi connectivity index (χ4n) is 3.32. The van der Waals surface area contributed by atoms with E-state index < -0.39 is 17.7 Å². The van der Waals surface area contributed by atoms with Gasteiger partial charge in [0.25, 0.3) is 11.8 Å². The first-order chi connectivity index (χ1) is 14.6. The minimum absolute atomic E-state index is 0.110. The highest BCUT2D eigenvalue weighted by molar-refractivity contribution is 5.43. The molecule has 152 valence electrons. The molecule has 4 aromatic rings. The first-order valence-electron chi connectivity index (χ1n) is 9.19. The topological polar surface area (TPSA) is 78.9 Å². The van der Waals surface area contributed by atoms with Gasteiger partial charge >= 0.3 is 0 Å². The van der Waals surface area contributed by atoms with Gasteiger partial charge in [-0.25, -0.2) is 17.9 Å². The van der Waals surface area contributed by atoms with Gasteiger partial charge in [0.1, 0.15) is 23.2 Å². The number of fused-ring (bicyclic) bond motifs is 1. The molecule has 30 heavy (non-hydrogen) atoms. The normalized spacial score (nSPS) is 15.6. The molecule has 0 spiro atoms. The van der Waals surface area contributed by atoms with Crippen molar-refractivity contribution in [3.8, 4) is 17.3 Å². The summed E-state index contributed by atoms with van der Waals surface area (Å²) < 4.78 is 53.8. The number of rotatable bonds is 4. The van der Waals surface area contributed by atoms with Crippen LogP contribution in [0.1, 0.15) is 29.5 Å². The van der Waals surface area contributed by atoms with Crippen molar-refractivity contribution < 1.29 is 22.3 Å². The summed E-state index contributed by atoms with van der Waals surface area (Å²) in [7, 11) is 0. The van der Waals surface area contributed by atoms with E-state index in [9.17, 15) is 13.2 Å². The van der Waals surface area contributed by atoms with Crippen LogP contribution in [-0.4, -0.2) is 25.2 Å². The smallest absolute Gasteiger partial charge is 0.270 e. The molecule has 0 amide bonds. The van der Waals surface area contributed by atoms with Crippen LogP contribution < -0.4 is 4.74 Å². The van der Waals surface area contributed by atoms with Gasteiger partial charge in [-0.05, 0) is 48.7 Å². The summed E-state index contributed by atoms with van der Waals surface area (Å²) in [6.45, 7) is -0.133. The second-order valence-electron chi connectivity index (χ2n) is 6.84. The average Bonchev–Trinajstić information content (AvgIpc) is 3.40. The zero-order chi connectivity index (χ0) is 20.7. The second kappa shape index (κ2) is 7.29. The van der Waals surface area contributed by atoms with Gasteiger partial charge in [-0.3, -0.25) is 0 Å². The van der Waals surface area contributed by atoms with E-state index >= 15 is 0 Å². The third-order valence-electron chi connectivity index (χ3n) is 4.82. The quantitative estimate of drug-likeness (QED) is 0.506. The predicted octanol–water partition coefficient (Wildman–Crippen LogP) is 3.86. The fraction of sp³-hybridized carbons (Fsp3) is 0.200. The minimum atomic E-state index is -0.665. The Bertz CT molecular complexity index is 1200. The Morgan fingerprint density at radius 2 is 1.87 bits per heavy atom. The molecule has 2 aromatic carbocycles. The van der Waals surface area contributed by atoms with Crippen LogP contribution in [0.25, 0.3) is 11.6 Å². The molecule has 2 aromatic heterocycles. The van der Waals surface area contributed by atoms with Gasteiger partial charge < -0.3 is 9.15 Å². The van der Waals surface area contributed by atoms with Crippen molar-refractivity contribution in [3.05, 3.63) is 77.1 Å². The summed E-state index contributed by atoms with van der Waals surface area (Å²) in [5.74, 6) is -0.698. The number of halogens is 3. The van der Waals surface area contributed by atoms with Crippen molar-refractivity contribution in [2.45, 2.75) is 25.5 Å². The predicted molar refractivity (Wildman–Crippen MR) is 96.9 cm³/mol. The monoisotopic (exact) mass is 413 g/mol. The molecule has 0 N–H and O–H groups in total. The highest BCUT2D eigenvalue weighted by Gasteiger charge is 2.27. The van der Waals surface area contributed by atoms with E-state index in [0.29, 0.717) is 18.6 Å². The standard InChI is InChI=1S/C20H14F3N5O2/c21-12-5-7-17-11(8-12)4-6-18(29-17)20-26-25-19(30-20)16-10-28(27-24-16)9-13-14(22)2-1-3-15(13)23/h1-3,5,7-8,10,18H,4,6,9H2. The molecule has 0 aliphatic carbocycles. The first-order valence-corrected chi connectivity index (χ1v) is 9.19. The van der Waals surface area contributed by atoms with Crippen molar-refractivity contribution in [2.75, 3.05) is 0 Å². The maximum Gasteiger partial charge on any atom is 0.270 e. The fourth-order valence-corrected chi connectivity index (χ4v) is 3.32. The Labute approximate surface area is 168 Å². The van der Waals surface area contributed by atoms with Crippen LogP contribution in [0.15, 0.2) is 47.0 Å². The maximum atomic E-state index is 13.8. The van der Waals surface area contributed by atoms with Gasteiger partial charge in [0, 0.05) is 5.56 Å². The number of hydrogen-bond donors (Lipinski definition) is 0. The highest BCUT2D eigenvalue weighted by atomic mass is 19.1. The number of aromatic nitrogens is 5. The SMILES string of the molecule is Fc1ccc2c(c1)CCC(c1nnc(-c3cn(Cc4c(F)cccc4F)nn3)o1)O2. The molecule has 0 saturated carbocycles. The van der Waals surface area contributed by atoms with Crippen molar-refractivity contribution in [1.29, 1.82) is 0 Å². The largest absolute Gasteiger partial charge is 0.480 e. The summed E-state index contributed by atoms with van der Waals surface area (Å²) in [4.78, 5) is 0. The lowest BCUT2D eigenvalue weighted by atomic mass is 10.0. The maximum absolute atomic E-state index is 13.8. The molecular formula is C20H14F3N5O2. The molecule has 0 bridgehead atoms. The van der Waals surface area contributed by atoms with E-state index in [1.165, 1.54) is 41.2 Å². The Morgan fingerprint density at radius 3 is 2.70 bits per heavy atom. The molecule has 0 radical (unpaired) electrons. The number of ether oxygens (including phenoxy) is 1. The lowest BCUT2D eigenvalue weighted by molar-refractivity contribution is 0.144. The van der Waals surface area contributed by atoms with Crippen LogP contribution in [-0.2, 0) is 13.0 Å². The summed E-state index contributed by atoms with van der Waals surface area (Å²) in [6, 6.07) is 8.00. The zero-order valence-electron chi connectivity index (χ0n) is 15.4. The number of hydrogen-bond acceptors (Lipinski definition) is 6. The Morgan fingerprint density at radius 1 is 1.03 bits per heavy atom. The van der Waals surface area contributed by atoms with Gasteiger partial charge in [-0.2, -0.15) is 0 Å². The van der Waals surface area contributed by atoms with E-state index in [1.54, 1.807) is 6.07 Å². The Balaban J connectivity index is 1.33. The zero-order valence-corrected chi connectivity index (χ0v) is 15.4. The molecular weight excluding hydrogens is 399 g/mol. The van der Waals surface area contributed by atoms with Crippen LogP contribution in [0.5, 0.6) is 5.75 Å². The van der Waals surface area contributed by atoms with Crippen molar-refractivity contribution in [1.82, 2.24) is 25.2 Å². The van der Waals surface area contributed by atoms with E-state index in [0.717, 1.165) is 5.56 Å². The lowest BCUT2D eigenvalue weighted by Gasteiger charge is -2.23. The summed E-state index contributed by atoms with van der Waals surface area (Å²) in [6.07, 6.45) is 2.16. The van der Waals surface area contributed by atoms with Crippen LogP contribution >= 0.6 is 0 Å². The molecule has 5 rings (SSSR count). The van der Waals surface area contributed by atoms with Gasteiger partial charge in [0.05, 0.1) is 12.7 Å². The Hall–Kier alpha value is -3.69.